The molecular formula is C39H44F6N4O3S. The summed E-state index contributed by atoms with van der Waals surface area (Å²) in [6.07, 6.45) is -1.62. The molecule has 7 nitrogen and oxygen atoms in total. The van der Waals surface area contributed by atoms with E-state index in [1.807, 2.05) is 4.90 Å². The quantitative estimate of drug-likeness (QED) is 0.173. The average molecular weight is 763 g/mol. The van der Waals surface area contributed by atoms with E-state index in [4.69, 9.17) is 4.98 Å². The largest absolute Gasteiger partial charge is 0.416 e. The molecule has 2 atom stereocenters. The minimum absolute atomic E-state index is 0.00317. The van der Waals surface area contributed by atoms with Gasteiger partial charge in [0.25, 0.3) is 5.91 Å². The minimum Gasteiger partial charge on any atom is -0.395 e. The molecular weight excluding hydrogens is 719 g/mol. The lowest BCUT2D eigenvalue weighted by molar-refractivity contribution is -0.155. The Morgan fingerprint density at radius 1 is 0.925 bits per heavy atom. The van der Waals surface area contributed by atoms with E-state index in [1.165, 1.54) is 48.5 Å². The third-order valence-electron chi connectivity index (χ3n) is 10.3. The van der Waals surface area contributed by atoms with Gasteiger partial charge in [-0.25, -0.2) is 4.98 Å². The van der Waals surface area contributed by atoms with Gasteiger partial charge in [-0.3, -0.25) is 18.8 Å². The van der Waals surface area contributed by atoms with Crippen molar-refractivity contribution >= 4 is 25.9 Å². The van der Waals surface area contributed by atoms with Crippen LogP contribution in [0.25, 0.3) is 22.2 Å². The molecule has 0 bridgehead atoms. The van der Waals surface area contributed by atoms with E-state index >= 15 is 0 Å². The summed E-state index contributed by atoms with van der Waals surface area (Å²) in [5.74, 6) is -1.09. The molecule has 6 rings (SSSR count). The van der Waals surface area contributed by atoms with Crippen LogP contribution in [0, 0.1) is 0 Å². The van der Waals surface area contributed by atoms with Crippen LogP contribution in [0.1, 0.15) is 58.8 Å². The van der Waals surface area contributed by atoms with Gasteiger partial charge in [0.1, 0.15) is 0 Å². The van der Waals surface area contributed by atoms with Crippen LogP contribution in [-0.2, 0) is 21.8 Å². The number of aromatic nitrogens is 1. The van der Waals surface area contributed by atoms with Gasteiger partial charge in [0.15, 0.2) is 6.04 Å². The lowest BCUT2D eigenvalue weighted by Gasteiger charge is -2.39. The van der Waals surface area contributed by atoms with Crippen LogP contribution < -0.4 is 5.32 Å². The number of pyridine rings is 1. The number of carbonyl (C=O) groups is 1. The standard InChI is InChI=1S/C39H44F6N4O3S/c1-53(2,3,52)30-14-15-33-31(22-30)34(37(51)47-36(39(43,44)45)25-9-5-4-6-10-25)32(35(46-33)26-11-7-12-27(21-26)38(40,41)42)23-48-19-16-28(17-20-48)49-18-8-13-29(49)24-50/h4-7,9-12,14-15,21-22,28-29,36,50H,8,13,16-20,23-24H2,1-3H3,(H,47,51)/t29-,36-/m1/s1. The summed E-state index contributed by atoms with van der Waals surface area (Å²) in [7, 11) is -3.47. The van der Waals surface area contributed by atoms with Crippen molar-refractivity contribution in [3.8, 4) is 11.3 Å². The number of carbonyl (C=O) groups excluding carboxylic acids is 1. The highest BCUT2D eigenvalue weighted by atomic mass is 32.3. The smallest absolute Gasteiger partial charge is 0.395 e. The van der Waals surface area contributed by atoms with Gasteiger partial charge in [0.2, 0.25) is 0 Å². The fourth-order valence-corrected chi connectivity index (χ4v) is 8.63. The van der Waals surface area contributed by atoms with Gasteiger partial charge in [0, 0.05) is 40.0 Å². The van der Waals surface area contributed by atoms with Crippen LogP contribution >= 0.6 is 0 Å². The number of piperidine rings is 1. The summed E-state index contributed by atoms with van der Waals surface area (Å²) >= 11 is 0. The average Bonchev–Trinajstić information content (AvgIpc) is 3.58. The summed E-state index contributed by atoms with van der Waals surface area (Å²) in [6.45, 7) is 2.00. The predicted molar refractivity (Wildman–Crippen MR) is 194 cm³/mol. The first-order chi connectivity index (χ1) is 24.8. The molecule has 2 saturated heterocycles. The third kappa shape index (κ3) is 8.61. The number of nitrogens with one attached hydrogen (secondary N) is 1. The molecule has 2 fully saturated rings. The number of likely N-dealkylation sites (tertiary alicyclic amines) is 2. The van der Waals surface area contributed by atoms with Crippen molar-refractivity contribution < 1.29 is 40.5 Å². The highest BCUT2D eigenvalue weighted by Gasteiger charge is 2.43. The van der Waals surface area contributed by atoms with Crippen LogP contribution in [0.4, 0.5) is 26.3 Å². The molecule has 1 aromatic heterocycles. The van der Waals surface area contributed by atoms with E-state index in [2.05, 4.69) is 10.2 Å². The molecule has 3 aromatic carbocycles. The number of alkyl halides is 6. The highest BCUT2D eigenvalue weighted by molar-refractivity contribution is 8.18. The molecule has 2 N–H and O–H groups in total. The number of rotatable bonds is 9. The molecule has 53 heavy (non-hydrogen) atoms. The zero-order chi connectivity index (χ0) is 38.4. The minimum atomic E-state index is -4.89. The lowest BCUT2D eigenvalue weighted by Crippen LogP contribution is -2.47. The number of fused-ring (bicyclic) bond motifs is 1. The Morgan fingerprint density at radius 2 is 1.62 bits per heavy atom. The Morgan fingerprint density at radius 3 is 2.25 bits per heavy atom. The van der Waals surface area contributed by atoms with E-state index in [0.29, 0.717) is 18.0 Å². The first kappa shape index (κ1) is 38.9. The number of hydrogen-bond donors (Lipinski definition) is 2. The summed E-state index contributed by atoms with van der Waals surface area (Å²) in [4.78, 5) is 24.0. The maximum absolute atomic E-state index is 14.7. The Hall–Kier alpha value is -3.85. The van der Waals surface area contributed by atoms with Crippen molar-refractivity contribution in [3.05, 3.63) is 95.1 Å². The zero-order valence-electron chi connectivity index (χ0n) is 29.8. The molecule has 2 aliphatic heterocycles. The molecule has 14 heteroatoms. The fourth-order valence-electron chi connectivity index (χ4n) is 7.58. The summed E-state index contributed by atoms with van der Waals surface area (Å²) in [5.41, 5.74) is -0.913. The first-order valence-corrected chi connectivity index (χ1v) is 20.7. The Kier molecular flexibility index (Phi) is 10.6. The lowest BCUT2D eigenvalue weighted by atomic mass is 9.93. The molecule has 4 aromatic rings. The van der Waals surface area contributed by atoms with Gasteiger partial charge in [-0.2, -0.15) is 26.3 Å². The molecule has 1 amide bonds. The summed E-state index contributed by atoms with van der Waals surface area (Å²) < 4.78 is 99.8. The van der Waals surface area contributed by atoms with E-state index in [0.717, 1.165) is 44.4 Å². The normalized spacial score (nSPS) is 19.6. The number of aliphatic hydroxyl groups is 1. The predicted octanol–water partition coefficient (Wildman–Crippen LogP) is 7.44. The van der Waals surface area contributed by atoms with Gasteiger partial charge in [-0.1, -0.05) is 51.5 Å². The van der Waals surface area contributed by atoms with E-state index < -0.39 is 38.9 Å². The van der Waals surface area contributed by atoms with Crippen molar-refractivity contribution in [3.63, 3.8) is 0 Å². The van der Waals surface area contributed by atoms with Crippen molar-refractivity contribution in [1.82, 2.24) is 20.1 Å². The van der Waals surface area contributed by atoms with E-state index in [-0.39, 0.29) is 64.1 Å². The first-order valence-electron chi connectivity index (χ1n) is 17.6. The summed E-state index contributed by atoms with van der Waals surface area (Å²) in [5, 5.41) is 12.3. The number of nitrogens with zero attached hydrogens (tertiary/aromatic N) is 3. The van der Waals surface area contributed by atoms with Crippen molar-refractivity contribution in [1.29, 1.82) is 0 Å². The maximum atomic E-state index is 14.7. The topological polar surface area (TPSA) is 85.8 Å². The van der Waals surface area contributed by atoms with Crippen LogP contribution in [0.3, 0.4) is 0 Å². The van der Waals surface area contributed by atoms with Crippen molar-refractivity contribution in [2.45, 2.75) is 67.6 Å². The van der Waals surface area contributed by atoms with Crippen LogP contribution in [0.5, 0.6) is 0 Å². The number of benzene rings is 3. The molecule has 3 heterocycles. The number of amides is 1. The second-order valence-corrected chi connectivity index (χ2v) is 20.4. The van der Waals surface area contributed by atoms with Crippen molar-refractivity contribution in [2.24, 2.45) is 0 Å². The highest BCUT2D eigenvalue weighted by Crippen LogP contribution is 2.39. The van der Waals surface area contributed by atoms with Gasteiger partial charge < -0.3 is 10.4 Å². The molecule has 286 valence electrons. The van der Waals surface area contributed by atoms with E-state index in [1.54, 1.807) is 30.9 Å². The molecule has 0 unspecified atom stereocenters. The van der Waals surface area contributed by atoms with Gasteiger partial charge >= 0.3 is 12.4 Å². The monoisotopic (exact) mass is 762 g/mol. The second kappa shape index (κ2) is 14.4. The van der Waals surface area contributed by atoms with Gasteiger partial charge in [0.05, 0.1) is 28.9 Å². The number of aliphatic hydroxyl groups excluding tert-OH is 1. The SMILES string of the molecule is CS(C)(C)(=O)c1ccc2nc(-c3cccc(C(F)(F)F)c3)c(CN3CCC(N4CCC[C@@H]4CO)CC3)c(C(=O)N[C@H](c3ccccc3)C(F)(F)F)c2c1. The van der Waals surface area contributed by atoms with Crippen molar-refractivity contribution in [2.75, 3.05) is 45.0 Å². The Bertz CT molecular complexity index is 2030. The molecule has 0 radical (unpaired) electrons. The Balaban J connectivity index is 1.53. The summed E-state index contributed by atoms with van der Waals surface area (Å²) in [6, 6.07) is 13.9. The van der Waals surface area contributed by atoms with Crippen LogP contribution in [0.2, 0.25) is 0 Å². The zero-order valence-corrected chi connectivity index (χ0v) is 30.6. The fraction of sp³-hybridized carbons (Fsp3) is 0.436. The molecule has 2 aliphatic rings. The maximum Gasteiger partial charge on any atom is 0.416 e. The van der Waals surface area contributed by atoms with E-state index in [9.17, 15) is 40.5 Å². The number of hydrogen-bond acceptors (Lipinski definition) is 6. The Labute approximate surface area is 304 Å². The molecule has 0 aliphatic carbocycles. The van der Waals surface area contributed by atoms with Gasteiger partial charge in [-0.15, -0.1) is 0 Å². The number of halogens is 6. The molecule has 0 spiro atoms. The van der Waals surface area contributed by atoms with Crippen LogP contribution in [0.15, 0.2) is 77.7 Å². The third-order valence-corrected chi connectivity index (χ3v) is 12.2. The second-order valence-electron chi connectivity index (χ2n) is 15.1. The molecule has 0 saturated carbocycles. The van der Waals surface area contributed by atoms with Crippen LogP contribution in [-0.4, -0.2) is 93.3 Å². The van der Waals surface area contributed by atoms with Gasteiger partial charge in [-0.05, 0) is 100.0 Å².